The number of nitrogens with one attached hydrogen (secondary N) is 2. The summed E-state index contributed by atoms with van der Waals surface area (Å²) in [7, 11) is 0. The Bertz CT molecular complexity index is 1190. The minimum atomic E-state index is -0.408. The zero-order valence-electron chi connectivity index (χ0n) is 16.1. The molecule has 0 bridgehead atoms. The molecule has 4 amide bonds. The summed E-state index contributed by atoms with van der Waals surface area (Å²) in [6, 6.07) is 20.9. The normalized spacial score (nSPS) is 14.3. The highest BCUT2D eigenvalue weighted by Crippen LogP contribution is 2.37. The largest absolute Gasteiger partial charge is 0.329 e. The number of imide groups is 1. The third kappa shape index (κ3) is 3.22. The van der Waals surface area contributed by atoms with Crippen molar-refractivity contribution in [3.05, 3.63) is 89.0 Å². The van der Waals surface area contributed by atoms with Gasteiger partial charge in [-0.25, -0.2) is 4.79 Å². The lowest BCUT2D eigenvalue weighted by Gasteiger charge is -2.13. The van der Waals surface area contributed by atoms with E-state index in [0.29, 0.717) is 5.56 Å². The first-order chi connectivity index (χ1) is 14.6. The van der Waals surface area contributed by atoms with Crippen molar-refractivity contribution in [2.75, 3.05) is 11.9 Å². The number of fused-ring (bicyclic) bond motifs is 3. The summed E-state index contributed by atoms with van der Waals surface area (Å²) in [5.41, 5.74) is 6.88. The lowest BCUT2D eigenvalue weighted by Crippen LogP contribution is -2.30. The van der Waals surface area contributed by atoms with E-state index in [-0.39, 0.29) is 24.9 Å². The fraction of sp³-hybridized carbons (Fsp3) is 0.125. The van der Waals surface area contributed by atoms with Crippen molar-refractivity contribution in [1.82, 2.24) is 10.2 Å². The van der Waals surface area contributed by atoms with E-state index < -0.39 is 6.03 Å². The first-order valence-corrected chi connectivity index (χ1v) is 9.78. The second kappa shape index (κ2) is 7.15. The number of carbonyl (C=O) groups excluding carboxylic acids is 3. The Balaban J connectivity index is 1.32. The van der Waals surface area contributed by atoms with Gasteiger partial charge in [-0.1, -0.05) is 42.5 Å². The SMILES string of the molecule is O=C(Nc1ccc2c(c1)Cc1ccccc1-2)c1cccc(CN2C(=O)CNC2=O)c1. The van der Waals surface area contributed by atoms with Gasteiger partial charge >= 0.3 is 6.03 Å². The molecule has 6 heteroatoms. The Hall–Kier alpha value is -3.93. The van der Waals surface area contributed by atoms with Crippen LogP contribution in [0, 0.1) is 0 Å². The minimum Gasteiger partial charge on any atom is -0.329 e. The van der Waals surface area contributed by atoms with Crippen molar-refractivity contribution in [3.8, 4) is 11.1 Å². The number of benzene rings is 3. The van der Waals surface area contributed by atoms with E-state index >= 15 is 0 Å². The molecular weight excluding hydrogens is 378 g/mol. The van der Waals surface area contributed by atoms with E-state index in [0.717, 1.165) is 22.6 Å². The molecule has 0 unspecified atom stereocenters. The molecule has 148 valence electrons. The summed E-state index contributed by atoms with van der Waals surface area (Å²) < 4.78 is 0. The highest BCUT2D eigenvalue weighted by atomic mass is 16.2. The molecule has 30 heavy (non-hydrogen) atoms. The number of amides is 4. The van der Waals surface area contributed by atoms with Crippen molar-refractivity contribution >= 4 is 23.5 Å². The van der Waals surface area contributed by atoms with Crippen LogP contribution in [0.2, 0.25) is 0 Å². The van der Waals surface area contributed by atoms with Gasteiger partial charge in [-0.2, -0.15) is 0 Å². The third-order valence-electron chi connectivity index (χ3n) is 5.52. The Morgan fingerprint density at radius 1 is 0.933 bits per heavy atom. The third-order valence-corrected chi connectivity index (χ3v) is 5.52. The van der Waals surface area contributed by atoms with Crippen molar-refractivity contribution in [2.45, 2.75) is 13.0 Å². The van der Waals surface area contributed by atoms with Gasteiger partial charge in [0.2, 0.25) is 5.91 Å². The Morgan fingerprint density at radius 3 is 2.60 bits per heavy atom. The van der Waals surface area contributed by atoms with E-state index in [1.165, 1.54) is 22.3 Å². The van der Waals surface area contributed by atoms with Gasteiger partial charge in [0, 0.05) is 11.3 Å². The van der Waals surface area contributed by atoms with E-state index in [9.17, 15) is 14.4 Å². The highest BCUT2D eigenvalue weighted by Gasteiger charge is 2.28. The lowest BCUT2D eigenvalue weighted by molar-refractivity contribution is -0.125. The van der Waals surface area contributed by atoms with Crippen molar-refractivity contribution < 1.29 is 14.4 Å². The van der Waals surface area contributed by atoms with Crippen LogP contribution in [0.3, 0.4) is 0 Å². The molecule has 1 heterocycles. The predicted octanol–water partition coefficient (Wildman–Crippen LogP) is 3.56. The molecule has 1 fully saturated rings. The topological polar surface area (TPSA) is 78.5 Å². The second-order valence-electron chi connectivity index (χ2n) is 7.50. The molecule has 0 spiro atoms. The van der Waals surface area contributed by atoms with Crippen LogP contribution >= 0.6 is 0 Å². The summed E-state index contributed by atoms with van der Waals surface area (Å²) in [6.07, 6.45) is 0.858. The van der Waals surface area contributed by atoms with E-state index in [1.807, 2.05) is 30.3 Å². The minimum absolute atomic E-state index is 0.0151. The average molecular weight is 397 g/mol. The number of nitrogens with zero attached hydrogens (tertiary/aromatic N) is 1. The second-order valence-corrected chi connectivity index (χ2v) is 7.50. The zero-order chi connectivity index (χ0) is 20.7. The van der Waals surface area contributed by atoms with E-state index in [4.69, 9.17) is 0 Å². The molecule has 1 saturated heterocycles. The van der Waals surface area contributed by atoms with Crippen LogP contribution in [0.5, 0.6) is 0 Å². The number of carbonyl (C=O) groups is 3. The molecule has 2 aliphatic rings. The van der Waals surface area contributed by atoms with Gasteiger partial charge in [0.15, 0.2) is 0 Å². The monoisotopic (exact) mass is 397 g/mol. The van der Waals surface area contributed by atoms with Gasteiger partial charge in [0.05, 0.1) is 13.1 Å². The molecule has 1 aliphatic carbocycles. The number of hydrogen-bond acceptors (Lipinski definition) is 3. The first kappa shape index (κ1) is 18.1. The molecule has 0 radical (unpaired) electrons. The van der Waals surface area contributed by atoms with Gasteiger partial charge in [-0.15, -0.1) is 0 Å². The van der Waals surface area contributed by atoms with Crippen LogP contribution in [-0.2, 0) is 17.8 Å². The summed E-state index contributed by atoms with van der Waals surface area (Å²) in [5.74, 6) is -0.501. The summed E-state index contributed by atoms with van der Waals surface area (Å²) in [5, 5.41) is 5.45. The summed E-state index contributed by atoms with van der Waals surface area (Å²) in [6.45, 7) is 0.157. The fourth-order valence-electron chi connectivity index (χ4n) is 4.03. The molecule has 5 rings (SSSR count). The molecule has 0 atom stereocenters. The molecule has 1 aliphatic heterocycles. The molecule has 0 aromatic heterocycles. The van der Waals surface area contributed by atoms with E-state index in [2.05, 4.69) is 22.8 Å². The van der Waals surface area contributed by atoms with Crippen LogP contribution in [0.15, 0.2) is 66.7 Å². The smallest absolute Gasteiger partial charge is 0.324 e. The summed E-state index contributed by atoms with van der Waals surface area (Å²) >= 11 is 0. The number of rotatable bonds is 4. The Kier molecular flexibility index (Phi) is 4.32. The van der Waals surface area contributed by atoms with Gasteiger partial charge in [0.25, 0.3) is 5.91 Å². The molecule has 0 saturated carbocycles. The predicted molar refractivity (Wildman–Crippen MR) is 113 cm³/mol. The van der Waals surface area contributed by atoms with Crippen LogP contribution in [-0.4, -0.2) is 29.3 Å². The highest BCUT2D eigenvalue weighted by molar-refractivity contribution is 6.05. The van der Waals surface area contributed by atoms with Crippen LogP contribution in [0.25, 0.3) is 11.1 Å². The maximum Gasteiger partial charge on any atom is 0.324 e. The van der Waals surface area contributed by atoms with Crippen LogP contribution in [0.4, 0.5) is 10.5 Å². The van der Waals surface area contributed by atoms with Crippen molar-refractivity contribution in [2.24, 2.45) is 0 Å². The van der Waals surface area contributed by atoms with E-state index in [1.54, 1.807) is 24.3 Å². The molecule has 3 aromatic rings. The first-order valence-electron chi connectivity index (χ1n) is 9.78. The van der Waals surface area contributed by atoms with Crippen LogP contribution in [0.1, 0.15) is 27.0 Å². The molecular formula is C24H19N3O3. The Morgan fingerprint density at radius 2 is 1.77 bits per heavy atom. The number of hydrogen-bond donors (Lipinski definition) is 2. The number of urea groups is 1. The van der Waals surface area contributed by atoms with Gasteiger partial charge in [-0.3, -0.25) is 14.5 Å². The maximum absolute atomic E-state index is 12.8. The summed E-state index contributed by atoms with van der Waals surface area (Å²) in [4.78, 5) is 37.5. The molecule has 3 aromatic carbocycles. The average Bonchev–Trinajstić information content (AvgIpc) is 3.28. The van der Waals surface area contributed by atoms with Crippen molar-refractivity contribution in [3.63, 3.8) is 0 Å². The zero-order valence-corrected chi connectivity index (χ0v) is 16.1. The quantitative estimate of drug-likeness (QED) is 0.517. The fourth-order valence-corrected chi connectivity index (χ4v) is 4.03. The van der Waals surface area contributed by atoms with Gasteiger partial charge in [-0.05, 0) is 58.5 Å². The van der Waals surface area contributed by atoms with Gasteiger partial charge < -0.3 is 10.6 Å². The Labute approximate surface area is 173 Å². The number of anilines is 1. The maximum atomic E-state index is 12.8. The lowest BCUT2D eigenvalue weighted by atomic mass is 10.1. The van der Waals surface area contributed by atoms with Gasteiger partial charge in [0.1, 0.15) is 0 Å². The standard InChI is InChI=1S/C24H19N3O3/c28-22-13-25-24(30)27(22)14-15-4-3-6-17(10-15)23(29)26-19-8-9-21-18(12-19)11-16-5-1-2-7-20(16)21/h1-10,12H,11,13-14H2,(H,25,30)(H,26,29). The van der Waals surface area contributed by atoms with Crippen molar-refractivity contribution in [1.29, 1.82) is 0 Å². The molecule has 2 N–H and O–H groups in total. The molecule has 6 nitrogen and oxygen atoms in total. The van der Waals surface area contributed by atoms with Crippen LogP contribution < -0.4 is 10.6 Å².